The Labute approximate surface area is 147 Å². The van der Waals surface area contributed by atoms with E-state index in [1.807, 2.05) is 0 Å². The van der Waals surface area contributed by atoms with Gasteiger partial charge in [-0.3, -0.25) is 4.79 Å². The molecule has 2 heterocycles. The van der Waals surface area contributed by atoms with E-state index in [9.17, 15) is 18.0 Å². The normalized spacial score (nSPS) is 17.6. The van der Waals surface area contributed by atoms with Crippen LogP contribution in [0.25, 0.3) is 10.6 Å². The molecule has 8 heteroatoms. The number of nitrogens with one attached hydrogen (secondary N) is 2. The molecule has 2 N–H and O–H groups in total. The lowest BCUT2D eigenvalue weighted by atomic mass is 10.1. The average Bonchev–Trinajstić information content (AvgIpc) is 3.26. The van der Waals surface area contributed by atoms with Gasteiger partial charge in [0.15, 0.2) is 0 Å². The van der Waals surface area contributed by atoms with Gasteiger partial charge >= 0.3 is 6.18 Å². The number of hydrogen-bond donors (Lipinski definition) is 2. The van der Waals surface area contributed by atoms with Crippen molar-refractivity contribution >= 4 is 17.2 Å². The zero-order chi connectivity index (χ0) is 17.9. The number of aromatic nitrogens is 1. The molecule has 0 saturated carbocycles. The Morgan fingerprint density at radius 3 is 2.96 bits per heavy atom. The molecule has 2 aromatic rings. The molecule has 4 nitrogen and oxygen atoms in total. The first kappa shape index (κ1) is 17.9. The third-order valence-electron chi connectivity index (χ3n) is 4.17. The maximum absolute atomic E-state index is 12.8. The van der Waals surface area contributed by atoms with Gasteiger partial charge in [-0.25, -0.2) is 4.98 Å². The minimum absolute atomic E-state index is 0.238. The van der Waals surface area contributed by atoms with Crippen LogP contribution in [0.5, 0.6) is 0 Å². The Balaban J connectivity index is 1.62. The molecule has 1 saturated heterocycles. The highest BCUT2D eigenvalue weighted by atomic mass is 32.1. The molecule has 1 atom stereocenters. The molecule has 1 aliphatic rings. The second-order valence-electron chi connectivity index (χ2n) is 6.02. The van der Waals surface area contributed by atoms with Gasteiger partial charge in [-0.1, -0.05) is 12.1 Å². The minimum Gasteiger partial charge on any atom is -0.351 e. The number of hydrogen-bond acceptors (Lipinski definition) is 4. The maximum atomic E-state index is 12.8. The number of amides is 1. The molecular formula is C17H18F3N3OS. The van der Waals surface area contributed by atoms with Crippen LogP contribution in [0.4, 0.5) is 13.2 Å². The van der Waals surface area contributed by atoms with Crippen molar-refractivity contribution in [2.75, 3.05) is 19.6 Å². The Bertz CT molecular complexity index is 739. The fourth-order valence-electron chi connectivity index (χ4n) is 2.78. The van der Waals surface area contributed by atoms with Crippen LogP contribution in [-0.2, 0) is 6.18 Å². The summed E-state index contributed by atoms with van der Waals surface area (Å²) < 4.78 is 38.4. The zero-order valence-corrected chi connectivity index (χ0v) is 14.2. The summed E-state index contributed by atoms with van der Waals surface area (Å²) >= 11 is 1.16. The Kier molecular flexibility index (Phi) is 5.39. The smallest absolute Gasteiger partial charge is 0.351 e. The number of thiazole rings is 1. The molecule has 134 valence electrons. The molecule has 1 aromatic carbocycles. The number of alkyl halides is 3. The largest absolute Gasteiger partial charge is 0.416 e. The van der Waals surface area contributed by atoms with Gasteiger partial charge in [0.05, 0.1) is 5.56 Å². The highest BCUT2D eigenvalue weighted by Gasteiger charge is 2.30. The summed E-state index contributed by atoms with van der Waals surface area (Å²) in [5, 5.41) is 8.07. The van der Waals surface area contributed by atoms with Crippen molar-refractivity contribution in [1.82, 2.24) is 15.6 Å². The van der Waals surface area contributed by atoms with Crippen LogP contribution < -0.4 is 10.6 Å². The predicted octanol–water partition coefficient (Wildman–Crippen LogP) is 3.56. The van der Waals surface area contributed by atoms with Crippen molar-refractivity contribution in [2.45, 2.75) is 19.0 Å². The van der Waals surface area contributed by atoms with Crippen LogP contribution >= 0.6 is 11.3 Å². The molecular weight excluding hydrogens is 351 g/mol. The molecule has 0 radical (unpaired) electrons. The van der Waals surface area contributed by atoms with Gasteiger partial charge in [-0.15, -0.1) is 11.3 Å². The third-order valence-corrected chi connectivity index (χ3v) is 5.07. The average molecular weight is 369 g/mol. The summed E-state index contributed by atoms with van der Waals surface area (Å²) in [4.78, 5) is 16.3. The number of halogens is 3. The van der Waals surface area contributed by atoms with Gasteiger partial charge in [0, 0.05) is 17.5 Å². The summed E-state index contributed by atoms with van der Waals surface area (Å²) in [7, 11) is 0. The van der Waals surface area contributed by atoms with E-state index < -0.39 is 11.7 Å². The summed E-state index contributed by atoms with van der Waals surface area (Å²) in [5.41, 5.74) is -0.130. The quantitative estimate of drug-likeness (QED) is 0.847. The number of nitrogens with zero attached hydrogens (tertiary/aromatic N) is 1. The molecule has 1 fully saturated rings. The van der Waals surface area contributed by atoms with Gasteiger partial charge < -0.3 is 10.6 Å². The van der Waals surface area contributed by atoms with Gasteiger partial charge in [0.25, 0.3) is 5.91 Å². The summed E-state index contributed by atoms with van der Waals surface area (Å²) in [6.07, 6.45) is -2.38. The van der Waals surface area contributed by atoms with Crippen molar-refractivity contribution in [3.8, 4) is 10.6 Å². The van der Waals surface area contributed by atoms with Crippen molar-refractivity contribution in [1.29, 1.82) is 0 Å². The van der Waals surface area contributed by atoms with Crippen molar-refractivity contribution < 1.29 is 18.0 Å². The predicted molar refractivity (Wildman–Crippen MR) is 90.5 cm³/mol. The molecule has 3 rings (SSSR count). The number of rotatable bonds is 5. The first-order chi connectivity index (χ1) is 11.9. The van der Waals surface area contributed by atoms with Crippen molar-refractivity contribution in [3.63, 3.8) is 0 Å². The van der Waals surface area contributed by atoms with Gasteiger partial charge in [-0.2, -0.15) is 13.2 Å². The van der Waals surface area contributed by atoms with E-state index in [0.29, 0.717) is 23.0 Å². The highest BCUT2D eigenvalue weighted by Crippen LogP contribution is 2.33. The van der Waals surface area contributed by atoms with E-state index in [4.69, 9.17) is 0 Å². The van der Waals surface area contributed by atoms with Gasteiger partial charge in [0.1, 0.15) is 10.7 Å². The van der Waals surface area contributed by atoms with Gasteiger partial charge in [0.2, 0.25) is 0 Å². The zero-order valence-electron chi connectivity index (χ0n) is 13.4. The van der Waals surface area contributed by atoms with Crippen LogP contribution in [0.1, 0.15) is 28.9 Å². The second kappa shape index (κ2) is 7.53. The lowest BCUT2D eigenvalue weighted by Gasteiger charge is -2.08. The second-order valence-corrected chi connectivity index (χ2v) is 6.88. The van der Waals surface area contributed by atoms with Crippen LogP contribution in [0.3, 0.4) is 0 Å². The topological polar surface area (TPSA) is 54.0 Å². The van der Waals surface area contributed by atoms with Crippen LogP contribution in [0.15, 0.2) is 29.6 Å². The van der Waals surface area contributed by atoms with Crippen molar-refractivity contribution in [3.05, 3.63) is 40.9 Å². The molecule has 1 aromatic heterocycles. The first-order valence-electron chi connectivity index (χ1n) is 8.05. The fraction of sp³-hybridized carbons (Fsp3) is 0.412. The SMILES string of the molecule is O=C(NCCC1CCNC1)c1csc(-c2cccc(C(F)(F)F)c2)n1. The van der Waals surface area contributed by atoms with E-state index in [1.54, 1.807) is 11.4 Å². The summed E-state index contributed by atoms with van der Waals surface area (Å²) in [5.74, 6) is 0.289. The highest BCUT2D eigenvalue weighted by molar-refractivity contribution is 7.13. The van der Waals surface area contributed by atoms with E-state index in [2.05, 4.69) is 15.6 Å². The lowest BCUT2D eigenvalue weighted by Crippen LogP contribution is -2.26. The molecule has 1 aliphatic heterocycles. The molecule has 1 unspecified atom stereocenters. The number of carbonyl (C=O) groups is 1. The Hall–Kier alpha value is -1.93. The third kappa shape index (κ3) is 4.58. The van der Waals surface area contributed by atoms with E-state index in [-0.39, 0.29) is 11.6 Å². The molecule has 0 aliphatic carbocycles. The maximum Gasteiger partial charge on any atom is 0.416 e. The molecule has 0 bridgehead atoms. The van der Waals surface area contributed by atoms with Gasteiger partial charge in [-0.05, 0) is 44.0 Å². The Morgan fingerprint density at radius 1 is 1.40 bits per heavy atom. The molecule has 25 heavy (non-hydrogen) atoms. The lowest BCUT2D eigenvalue weighted by molar-refractivity contribution is -0.137. The number of carbonyl (C=O) groups excluding carboxylic acids is 1. The Morgan fingerprint density at radius 2 is 2.24 bits per heavy atom. The van der Waals surface area contributed by atoms with Crippen molar-refractivity contribution in [2.24, 2.45) is 5.92 Å². The van der Waals surface area contributed by atoms with E-state index >= 15 is 0 Å². The summed E-state index contributed by atoms with van der Waals surface area (Å²) in [6.45, 7) is 2.57. The van der Waals surface area contributed by atoms with Crippen LogP contribution in [0.2, 0.25) is 0 Å². The van der Waals surface area contributed by atoms with E-state index in [0.717, 1.165) is 49.4 Å². The molecule has 0 spiro atoms. The fourth-order valence-corrected chi connectivity index (χ4v) is 3.58. The summed E-state index contributed by atoms with van der Waals surface area (Å²) in [6, 6.07) is 4.97. The van der Waals surface area contributed by atoms with Crippen LogP contribution in [0, 0.1) is 5.92 Å². The first-order valence-corrected chi connectivity index (χ1v) is 8.93. The monoisotopic (exact) mass is 369 g/mol. The van der Waals surface area contributed by atoms with E-state index in [1.165, 1.54) is 6.07 Å². The molecule has 1 amide bonds. The number of benzene rings is 1. The minimum atomic E-state index is -4.40. The standard InChI is InChI=1S/C17H18F3N3OS/c18-17(19,20)13-3-1-2-12(8-13)16-23-14(10-25-16)15(24)22-7-5-11-4-6-21-9-11/h1-3,8,10-11,21H,4-7,9H2,(H,22,24). The van der Waals surface area contributed by atoms with Crippen LogP contribution in [-0.4, -0.2) is 30.5 Å².